The summed E-state index contributed by atoms with van der Waals surface area (Å²) >= 11 is 0. The zero-order valence-electron chi connectivity index (χ0n) is 7.38. The molecule has 0 heterocycles. The van der Waals surface area contributed by atoms with E-state index in [2.05, 4.69) is 6.58 Å². The summed E-state index contributed by atoms with van der Waals surface area (Å²) in [4.78, 5) is 0. The number of hydrogen-bond acceptors (Lipinski definition) is 2. The van der Waals surface area contributed by atoms with Gasteiger partial charge in [-0.1, -0.05) is 6.58 Å². The van der Waals surface area contributed by atoms with Gasteiger partial charge in [0.05, 0.1) is 6.61 Å². The summed E-state index contributed by atoms with van der Waals surface area (Å²) in [6, 6.07) is 0. The molecule has 2 nitrogen and oxygen atoms in total. The van der Waals surface area contributed by atoms with Crippen LogP contribution in [0.3, 0.4) is 0 Å². The molecule has 0 amide bonds. The van der Waals surface area contributed by atoms with Gasteiger partial charge in [0.15, 0.2) is 0 Å². The highest BCUT2D eigenvalue weighted by Crippen LogP contribution is 2.32. The number of rotatable bonds is 6. The Bertz CT molecular complexity index is 176. The van der Waals surface area contributed by atoms with Crippen molar-refractivity contribution in [3.63, 3.8) is 0 Å². The first-order valence-electron chi connectivity index (χ1n) is 4.46. The molecule has 0 spiro atoms. The molecule has 1 aliphatic carbocycles. The number of ether oxygens (including phenoxy) is 1. The molecule has 68 valence electrons. The molecule has 12 heavy (non-hydrogen) atoms. The van der Waals surface area contributed by atoms with Crippen molar-refractivity contribution in [2.24, 2.45) is 0 Å². The maximum Gasteiger partial charge on any atom is 0.117 e. The lowest BCUT2D eigenvalue weighted by Crippen LogP contribution is -1.94. The van der Waals surface area contributed by atoms with Crippen molar-refractivity contribution in [3.05, 3.63) is 24.0 Å². The van der Waals surface area contributed by atoms with E-state index in [1.807, 2.05) is 0 Å². The molecular formula is C10H16O2. The normalized spacial score (nSPS) is 14.2. The van der Waals surface area contributed by atoms with Crippen LogP contribution in [0.4, 0.5) is 0 Å². The van der Waals surface area contributed by atoms with Gasteiger partial charge in [-0.05, 0) is 37.3 Å². The number of unbranched alkanes of at least 4 members (excludes halogenated alkanes) is 1. The third-order valence-electron chi connectivity index (χ3n) is 1.84. The standard InChI is InChI=1S/C10H16O2/c1-2-10(9-5-6-9)12-8-4-3-7-11/h2,11H,1,3-8H2. The van der Waals surface area contributed by atoms with Crippen LogP contribution in [-0.4, -0.2) is 18.3 Å². The van der Waals surface area contributed by atoms with E-state index in [1.165, 1.54) is 18.4 Å². The fourth-order valence-electron chi connectivity index (χ4n) is 1.01. The van der Waals surface area contributed by atoms with Gasteiger partial charge in [0, 0.05) is 6.61 Å². The summed E-state index contributed by atoms with van der Waals surface area (Å²) in [5.74, 6) is 0.966. The van der Waals surface area contributed by atoms with Crippen molar-refractivity contribution in [2.75, 3.05) is 13.2 Å². The highest BCUT2D eigenvalue weighted by Gasteiger charge is 2.16. The van der Waals surface area contributed by atoms with Crippen LogP contribution in [0.1, 0.15) is 25.7 Å². The zero-order valence-corrected chi connectivity index (χ0v) is 7.38. The maximum atomic E-state index is 8.52. The fourth-order valence-corrected chi connectivity index (χ4v) is 1.01. The largest absolute Gasteiger partial charge is 0.494 e. The molecule has 0 unspecified atom stereocenters. The lowest BCUT2D eigenvalue weighted by molar-refractivity contribution is 0.200. The minimum atomic E-state index is 0.253. The van der Waals surface area contributed by atoms with E-state index in [4.69, 9.17) is 9.84 Å². The molecule has 1 rings (SSSR count). The van der Waals surface area contributed by atoms with E-state index < -0.39 is 0 Å². The van der Waals surface area contributed by atoms with E-state index in [1.54, 1.807) is 6.08 Å². The number of hydrogen-bond donors (Lipinski definition) is 1. The molecule has 0 radical (unpaired) electrons. The molecule has 0 aromatic carbocycles. The third kappa shape index (κ3) is 3.09. The van der Waals surface area contributed by atoms with Crippen molar-refractivity contribution in [1.29, 1.82) is 0 Å². The molecule has 0 aliphatic heterocycles. The molecule has 1 fully saturated rings. The Kier molecular flexibility index (Phi) is 3.88. The Labute approximate surface area is 73.5 Å². The number of aliphatic hydroxyl groups is 1. The molecule has 1 N–H and O–H groups in total. The van der Waals surface area contributed by atoms with Crippen LogP contribution >= 0.6 is 0 Å². The summed E-state index contributed by atoms with van der Waals surface area (Å²) in [6.07, 6.45) is 5.85. The SMILES string of the molecule is C=CC(OCCCCO)=C1CC1. The second-order valence-electron chi connectivity index (χ2n) is 2.95. The predicted octanol–water partition coefficient (Wildman–Crippen LogP) is 2.01. The summed E-state index contributed by atoms with van der Waals surface area (Å²) in [7, 11) is 0. The van der Waals surface area contributed by atoms with Crippen molar-refractivity contribution in [3.8, 4) is 0 Å². The maximum absolute atomic E-state index is 8.52. The Morgan fingerprint density at radius 3 is 2.75 bits per heavy atom. The summed E-state index contributed by atoms with van der Waals surface area (Å²) < 4.78 is 5.47. The summed E-state index contributed by atoms with van der Waals surface area (Å²) in [6.45, 7) is 4.64. The van der Waals surface area contributed by atoms with Gasteiger partial charge in [-0.15, -0.1) is 0 Å². The van der Waals surface area contributed by atoms with Crippen LogP contribution in [0.5, 0.6) is 0 Å². The van der Waals surface area contributed by atoms with Crippen LogP contribution in [0.2, 0.25) is 0 Å². The highest BCUT2D eigenvalue weighted by molar-refractivity contribution is 5.27. The topological polar surface area (TPSA) is 29.5 Å². The quantitative estimate of drug-likeness (QED) is 0.485. The Hall–Kier alpha value is -0.760. The lowest BCUT2D eigenvalue weighted by Gasteiger charge is -2.04. The molecule has 0 aromatic rings. The van der Waals surface area contributed by atoms with Gasteiger partial charge >= 0.3 is 0 Å². The van der Waals surface area contributed by atoms with Crippen molar-refractivity contribution in [1.82, 2.24) is 0 Å². The van der Waals surface area contributed by atoms with Gasteiger partial charge < -0.3 is 9.84 Å². The third-order valence-corrected chi connectivity index (χ3v) is 1.84. The average molecular weight is 168 g/mol. The average Bonchev–Trinajstić information content (AvgIpc) is 2.88. The van der Waals surface area contributed by atoms with Gasteiger partial charge in [-0.3, -0.25) is 0 Å². The minimum absolute atomic E-state index is 0.253. The molecule has 2 heteroatoms. The van der Waals surface area contributed by atoms with E-state index in [0.717, 1.165) is 18.6 Å². The number of aliphatic hydroxyl groups excluding tert-OH is 1. The first-order valence-corrected chi connectivity index (χ1v) is 4.46. The molecule has 0 atom stereocenters. The van der Waals surface area contributed by atoms with Crippen LogP contribution in [0, 0.1) is 0 Å². The summed E-state index contributed by atoms with van der Waals surface area (Å²) in [5, 5.41) is 8.52. The Balaban J connectivity index is 2.12. The zero-order chi connectivity index (χ0) is 8.81. The Morgan fingerprint density at radius 1 is 1.50 bits per heavy atom. The van der Waals surface area contributed by atoms with Gasteiger partial charge in [-0.25, -0.2) is 0 Å². The highest BCUT2D eigenvalue weighted by atomic mass is 16.5. The first kappa shape index (κ1) is 9.33. The predicted molar refractivity (Wildman–Crippen MR) is 48.7 cm³/mol. The van der Waals surface area contributed by atoms with Gasteiger partial charge in [0.1, 0.15) is 5.76 Å². The van der Waals surface area contributed by atoms with Crippen molar-refractivity contribution in [2.45, 2.75) is 25.7 Å². The molecule has 0 saturated heterocycles. The first-order chi connectivity index (χ1) is 5.88. The molecular weight excluding hydrogens is 152 g/mol. The Morgan fingerprint density at radius 2 is 2.25 bits per heavy atom. The van der Waals surface area contributed by atoms with E-state index in [-0.39, 0.29) is 6.61 Å². The van der Waals surface area contributed by atoms with E-state index in [0.29, 0.717) is 6.61 Å². The fraction of sp³-hybridized carbons (Fsp3) is 0.600. The van der Waals surface area contributed by atoms with E-state index >= 15 is 0 Å². The molecule has 1 aliphatic rings. The second-order valence-corrected chi connectivity index (χ2v) is 2.95. The lowest BCUT2D eigenvalue weighted by atomic mass is 10.3. The van der Waals surface area contributed by atoms with Crippen LogP contribution < -0.4 is 0 Å². The second kappa shape index (κ2) is 4.99. The number of allylic oxidation sites excluding steroid dienone is 2. The van der Waals surface area contributed by atoms with Gasteiger partial charge in [0.2, 0.25) is 0 Å². The van der Waals surface area contributed by atoms with Crippen LogP contribution in [0.15, 0.2) is 24.0 Å². The van der Waals surface area contributed by atoms with Gasteiger partial charge in [-0.2, -0.15) is 0 Å². The molecule has 0 aromatic heterocycles. The van der Waals surface area contributed by atoms with Crippen molar-refractivity contribution < 1.29 is 9.84 Å². The molecule has 0 bridgehead atoms. The minimum Gasteiger partial charge on any atom is -0.494 e. The van der Waals surface area contributed by atoms with Crippen LogP contribution in [0.25, 0.3) is 0 Å². The molecule has 1 saturated carbocycles. The smallest absolute Gasteiger partial charge is 0.117 e. The van der Waals surface area contributed by atoms with E-state index in [9.17, 15) is 0 Å². The van der Waals surface area contributed by atoms with Crippen molar-refractivity contribution >= 4 is 0 Å². The van der Waals surface area contributed by atoms with Crippen LogP contribution in [-0.2, 0) is 4.74 Å². The monoisotopic (exact) mass is 168 g/mol. The summed E-state index contributed by atoms with van der Waals surface area (Å²) in [5.41, 5.74) is 1.38. The van der Waals surface area contributed by atoms with Gasteiger partial charge in [0.25, 0.3) is 0 Å².